The SMILES string of the molecule is O=C1c2ccccc2NC(c2ccc(O)c(O)c2)N1C1CC1. The summed E-state index contributed by atoms with van der Waals surface area (Å²) in [6.45, 7) is 0. The molecule has 5 heteroatoms. The number of fused-ring (bicyclic) bond motifs is 1. The van der Waals surface area contributed by atoms with Crippen molar-refractivity contribution >= 4 is 11.6 Å². The molecule has 2 aromatic rings. The number of rotatable bonds is 2. The molecule has 1 saturated carbocycles. The van der Waals surface area contributed by atoms with Gasteiger partial charge in [0.2, 0.25) is 0 Å². The molecule has 2 aliphatic rings. The summed E-state index contributed by atoms with van der Waals surface area (Å²) < 4.78 is 0. The normalized spacial score (nSPS) is 20.5. The standard InChI is InChI=1S/C17H16N2O3/c20-14-8-5-10(9-15(14)21)16-18-13-4-2-1-3-12(13)17(22)19(16)11-6-7-11/h1-5,8-9,11,16,18,20-21H,6-7H2. The van der Waals surface area contributed by atoms with Gasteiger partial charge in [0.05, 0.1) is 5.56 Å². The average molecular weight is 296 g/mol. The Labute approximate surface area is 127 Å². The van der Waals surface area contributed by atoms with Crippen LogP contribution in [0, 0.1) is 0 Å². The highest BCUT2D eigenvalue weighted by Gasteiger charge is 2.42. The second kappa shape index (κ2) is 4.66. The number of anilines is 1. The maximum Gasteiger partial charge on any atom is 0.258 e. The zero-order chi connectivity index (χ0) is 15.3. The molecule has 0 spiro atoms. The van der Waals surface area contributed by atoms with E-state index in [1.54, 1.807) is 6.07 Å². The summed E-state index contributed by atoms with van der Waals surface area (Å²) in [6, 6.07) is 12.4. The lowest BCUT2D eigenvalue weighted by Crippen LogP contribution is -2.44. The van der Waals surface area contributed by atoms with Gasteiger partial charge in [-0.2, -0.15) is 0 Å². The molecular formula is C17H16N2O3. The number of carbonyl (C=O) groups is 1. The van der Waals surface area contributed by atoms with Gasteiger partial charge in [0.25, 0.3) is 5.91 Å². The molecule has 112 valence electrons. The minimum Gasteiger partial charge on any atom is -0.504 e. The van der Waals surface area contributed by atoms with Crippen LogP contribution in [0.15, 0.2) is 42.5 Å². The maximum absolute atomic E-state index is 12.8. The minimum absolute atomic E-state index is 0.00872. The van der Waals surface area contributed by atoms with E-state index < -0.39 is 0 Å². The smallest absolute Gasteiger partial charge is 0.258 e. The van der Waals surface area contributed by atoms with Crippen LogP contribution in [0.3, 0.4) is 0 Å². The molecule has 3 N–H and O–H groups in total. The summed E-state index contributed by atoms with van der Waals surface area (Å²) in [7, 11) is 0. The van der Waals surface area contributed by atoms with Gasteiger partial charge >= 0.3 is 0 Å². The van der Waals surface area contributed by atoms with Crippen molar-refractivity contribution in [3.63, 3.8) is 0 Å². The van der Waals surface area contributed by atoms with E-state index in [1.807, 2.05) is 29.2 Å². The second-order valence-electron chi connectivity index (χ2n) is 5.78. The molecule has 1 unspecified atom stereocenters. The van der Waals surface area contributed by atoms with Gasteiger partial charge in [-0.25, -0.2) is 0 Å². The summed E-state index contributed by atoms with van der Waals surface area (Å²) >= 11 is 0. The Hall–Kier alpha value is -2.69. The van der Waals surface area contributed by atoms with Crippen molar-refractivity contribution in [1.29, 1.82) is 0 Å². The van der Waals surface area contributed by atoms with Crippen molar-refractivity contribution in [2.75, 3.05) is 5.32 Å². The van der Waals surface area contributed by atoms with Crippen LogP contribution >= 0.6 is 0 Å². The Morgan fingerprint density at radius 2 is 1.82 bits per heavy atom. The number of phenolic OH excluding ortho intramolecular Hbond substituents is 2. The first kappa shape index (κ1) is 13.0. The number of nitrogens with zero attached hydrogens (tertiary/aromatic N) is 1. The first-order valence-electron chi connectivity index (χ1n) is 7.35. The molecule has 0 bridgehead atoms. The number of para-hydroxylation sites is 1. The number of hydrogen-bond acceptors (Lipinski definition) is 4. The van der Waals surface area contributed by atoms with E-state index in [0.717, 1.165) is 24.1 Å². The highest BCUT2D eigenvalue weighted by Crippen LogP contribution is 2.41. The summed E-state index contributed by atoms with van der Waals surface area (Å²) in [5, 5.41) is 22.6. The molecule has 1 heterocycles. The molecule has 22 heavy (non-hydrogen) atoms. The summed E-state index contributed by atoms with van der Waals surface area (Å²) in [5.41, 5.74) is 2.22. The number of aromatic hydroxyl groups is 2. The quantitative estimate of drug-likeness (QED) is 0.745. The fourth-order valence-corrected chi connectivity index (χ4v) is 2.95. The highest BCUT2D eigenvalue weighted by molar-refractivity contribution is 6.02. The van der Waals surface area contributed by atoms with Gasteiger partial charge in [0, 0.05) is 11.7 Å². The van der Waals surface area contributed by atoms with Gasteiger partial charge < -0.3 is 20.4 Å². The number of hydrogen-bond donors (Lipinski definition) is 3. The van der Waals surface area contributed by atoms with E-state index in [4.69, 9.17) is 0 Å². The van der Waals surface area contributed by atoms with Gasteiger partial charge in [-0.05, 0) is 42.7 Å². The summed E-state index contributed by atoms with van der Waals surface area (Å²) in [4.78, 5) is 14.6. The van der Waals surface area contributed by atoms with Gasteiger partial charge in [-0.15, -0.1) is 0 Å². The monoisotopic (exact) mass is 296 g/mol. The fourth-order valence-electron chi connectivity index (χ4n) is 2.95. The van der Waals surface area contributed by atoms with Gasteiger partial charge in [-0.3, -0.25) is 4.79 Å². The largest absolute Gasteiger partial charge is 0.504 e. The summed E-state index contributed by atoms with van der Waals surface area (Å²) in [6.07, 6.45) is 1.66. The van der Waals surface area contributed by atoms with Crippen LogP contribution in [0.5, 0.6) is 11.5 Å². The van der Waals surface area contributed by atoms with E-state index in [9.17, 15) is 15.0 Å². The number of carbonyl (C=O) groups excluding carboxylic acids is 1. The van der Waals surface area contributed by atoms with Crippen LogP contribution in [0.25, 0.3) is 0 Å². The van der Waals surface area contributed by atoms with E-state index in [0.29, 0.717) is 5.56 Å². The molecule has 1 aliphatic heterocycles. The zero-order valence-electron chi connectivity index (χ0n) is 11.9. The molecule has 1 fully saturated rings. The number of benzene rings is 2. The van der Waals surface area contributed by atoms with Crippen molar-refractivity contribution in [3.8, 4) is 11.5 Å². The van der Waals surface area contributed by atoms with Crippen LogP contribution in [0.2, 0.25) is 0 Å². The Balaban J connectivity index is 1.80. The molecule has 4 rings (SSSR count). The van der Waals surface area contributed by atoms with Gasteiger partial charge in [-0.1, -0.05) is 18.2 Å². The third kappa shape index (κ3) is 1.97. The van der Waals surface area contributed by atoms with Crippen molar-refractivity contribution in [3.05, 3.63) is 53.6 Å². The molecule has 1 amide bonds. The van der Waals surface area contributed by atoms with E-state index in [-0.39, 0.29) is 29.6 Å². The van der Waals surface area contributed by atoms with Gasteiger partial charge in [0.1, 0.15) is 6.17 Å². The van der Waals surface area contributed by atoms with Crippen LogP contribution in [-0.4, -0.2) is 27.1 Å². The molecule has 0 saturated heterocycles. The Morgan fingerprint density at radius 1 is 1.05 bits per heavy atom. The maximum atomic E-state index is 12.8. The Bertz CT molecular complexity index is 755. The molecule has 1 aliphatic carbocycles. The van der Waals surface area contributed by atoms with Crippen LogP contribution in [0.4, 0.5) is 5.69 Å². The molecule has 5 nitrogen and oxygen atoms in total. The lowest BCUT2D eigenvalue weighted by molar-refractivity contribution is 0.0666. The lowest BCUT2D eigenvalue weighted by atomic mass is 10.0. The Kier molecular flexibility index (Phi) is 2.76. The number of amides is 1. The van der Waals surface area contributed by atoms with E-state index in [1.165, 1.54) is 12.1 Å². The zero-order valence-corrected chi connectivity index (χ0v) is 11.9. The van der Waals surface area contributed by atoms with Gasteiger partial charge in [0.15, 0.2) is 11.5 Å². The third-order valence-electron chi connectivity index (χ3n) is 4.22. The minimum atomic E-state index is -0.332. The van der Waals surface area contributed by atoms with Crippen LogP contribution in [0.1, 0.15) is 34.9 Å². The summed E-state index contributed by atoms with van der Waals surface area (Å²) in [5.74, 6) is -0.333. The highest BCUT2D eigenvalue weighted by atomic mass is 16.3. The van der Waals surface area contributed by atoms with Crippen LogP contribution < -0.4 is 5.32 Å². The molecule has 2 aromatic carbocycles. The second-order valence-corrected chi connectivity index (χ2v) is 5.78. The fraction of sp³-hybridized carbons (Fsp3) is 0.235. The third-order valence-corrected chi connectivity index (χ3v) is 4.22. The van der Waals surface area contributed by atoms with Crippen molar-refractivity contribution in [2.24, 2.45) is 0 Å². The van der Waals surface area contributed by atoms with Crippen molar-refractivity contribution in [2.45, 2.75) is 25.0 Å². The Morgan fingerprint density at radius 3 is 2.55 bits per heavy atom. The van der Waals surface area contributed by atoms with Crippen molar-refractivity contribution in [1.82, 2.24) is 4.90 Å². The average Bonchev–Trinajstić information content (AvgIpc) is 3.34. The first-order valence-corrected chi connectivity index (χ1v) is 7.35. The van der Waals surface area contributed by atoms with E-state index in [2.05, 4.69) is 5.32 Å². The molecular weight excluding hydrogens is 280 g/mol. The first-order chi connectivity index (χ1) is 10.6. The van der Waals surface area contributed by atoms with E-state index >= 15 is 0 Å². The predicted molar refractivity (Wildman–Crippen MR) is 81.8 cm³/mol. The molecule has 0 radical (unpaired) electrons. The lowest BCUT2D eigenvalue weighted by Gasteiger charge is -2.38. The van der Waals surface area contributed by atoms with Crippen LogP contribution in [-0.2, 0) is 0 Å². The predicted octanol–water partition coefficient (Wildman–Crippen LogP) is 2.83. The molecule has 0 aromatic heterocycles. The van der Waals surface area contributed by atoms with Crippen molar-refractivity contribution < 1.29 is 15.0 Å². The number of nitrogens with one attached hydrogen (secondary N) is 1. The number of phenols is 2. The topological polar surface area (TPSA) is 72.8 Å². The molecule has 1 atom stereocenters.